The first-order valence-corrected chi connectivity index (χ1v) is 15.9. The van der Waals surface area contributed by atoms with Crippen molar-refractivity contribution in [2.24, 2.45) is 14.1 Å². The fourth-order valence-corrected chi connectivity index (χ4v) is 7.62. The number of fused-ring (bicyclic) bond motifs is 4. The maximum atomic E-state index is 14.3. The Kier molecular flexibility index (Phi) is 7.09. The number of alkyl carbamates (subject to hydrolysis) is 1. The van der Waals surface area contributed by atoms with E-state index in [9.17, 15) is 9.59 Å². The van der Waals surface area contributed by atoms with E-state index in [1.165, 1.54) is 0 Å². The van der Waals surface area contributed by atoms with Crippen molar-refractivity contribution in [3.8, 4) is 11.3 Å². The van der Waals surface area contributed by atoms with Gasteiger partial charge in [0.05, 0.1) is 28.0 Å². The number of amides is 1. The first kappa shape index (κ1) is 29.4. The summed E-state index contributed by atoms with van der Waals surface area (Å²) in [5, 5.41) is 14.2. The molecule has 12 nitrogen and oxygen atoms in total. The summed E-state index contributed by atoms with van der Waals surface area (Å²) in [6.45, 7) is 6.14. The zero-order chi connectivity index (χ0) is 31.1. The second kappa shape index (κ2) is 10.6. The second-order valence-corrected chi connectivity index (χ2v) is 13.8. The lowest BCUT2D eigenvalue weighted by molar-refractivity contribution is -0.0368. The summed E-state index contributed by atoms with van der Waals surface area (Å²) < 4.78 is 16.6. The minimum absolute atomic E-state index is 0.0191. The van der Waals surface area contributed by atoms with E-state index in [-0.39, 0.29) is 29.9 Å². The summed E-state index contributed by atoms with van der Waals surface area (Å²) in [6, 6.07) is 3.64. The molecule has 14 heteroatoms. The summed E-state index contributed by atoms with van der Waals surface area (Å²) in [5.41, 5.74) is 1.26. The molecule has 0 aliphatic carbocycles. The van der Waals surface area contributed by atoms with Crippen molar-refractivity contribution in [2.75, 3.05) is 11.5 Å². The average molecular weight is 644 g/mol. The standard InChI is InChI=1S/C30H36Cl2N8O4/c1-30(2,3)44-29(42)33-18-14-15-9-12-19(18)39(15)28-34-26-22(27(41)37(28)4)24(36-40(26)20-8-6-7-13-43-20)16-10-11-17-21(23(16)31)25(32)38(5)35-17/h10-11,15,18-20H,6-9,12-14H2,1-5H3,(H,33,42)/t15?,18-,19-,20?/m1/s1. The molecule has 1 amide bonds. The van der Waals surface area contributed by atoms with E-state index in [2.05, 4.69) is 15.3 Å². The van der Waals surface area contributed by atoms with Crippen molar-refractivity contribution in [1.29, 1.82) is 0 Å². The Labute approximate surface area is 264 Å². The number of nitrogens with one attached hydrogen (secondary N) is 1. The number of aryl methyl sites for hydroxylation is 1. The molecule has 3 saturated heterocycles. The number of hydrogen-bond donors (Lipinski definition) is 1. The Morgan fingerprint density at radius 1 is 1.09 bits per heavy atom. The van der Waals surface area contributed by atoms with Crippen LogP contribution in [0, 0.1) is 0 Å². The molecule has 1 N–H and O–H groups in total. The van der Waals surface area contributed by atoms with Gasteiger partial charge in [0.1, 0.15) is 21.8 Å². The van der Waals surface area contributed by atoms with Crippen LogP contribution in [0.1, 0.15) is 65.5 Å². The number of hydrogen-bond acceptors (Lipinski definition) is 8. The van der Waals surface area contributed by atoms with E-state index in [1.807, 2.05) is 32.9 Å². The summed E-state index contributed by atoms with van der Waals surface area (Å²) in [5.74, 6) is 0.545. The molecule has 2 bridgehead atoms. The smallest absolute Gasteiger partial charge is 0.407 e. The topological polar surface area (TPSA) is 121 Å². The number of rotatable bonds is 4. The highest BCUT2D eigenvalue weighted by Crippen LogP contribution is 2.43. The molecule has 7 rings (SSSR count). The number of carbonyl (C=O) groups excluding carboxylic acids is 1. The quantitative estimate of drug-likeness (QED) is 0.317. The lowest BCUT2D eigenvalue weighted by atomic mass is 9.96. The fraction of sp³-hybridized carbons (Fsp3) is 0.567. The highest BCUT2D eigenvalue weighted by molar-refractivity contribution is 6.43. The van der Waals surface area contributed by atoms with Crippen LogP contribution in [0.3, 0.4) is 0 Å². The van der Waals surface area contributed by atoms with Crippen LogP contribution < -0.4 is 15.8 Å². The number of halogens is 2. The van der Waals surface area contributed by atoms with E-state index in [4.69, 9.17) is 42.8 Å². The van der Waals surface area contributed by atoms with Gasteiger partial charge in [-0.05, 0) is 71.4 Å². The van der Waals surface area contributed by atoms with Gasteiger partial charge in [-0.2, -0.15) is 15.2 Å². The van der Waals surface area contributed by atoms with Gasteiger partial charge in [0.2, 0.25) is 5.95 Å². The Bertz CT molecular complexity index is 1850. The van der Waals surface area contributed by atoms with Gasteiger partial charge >= 0.3 is 6.09 Å². The zero-order valence-electron chi connectivity index (χ0n) is 25.4. The number of ether oxygens (including phenoxy) is 2. The van der Waals surface area contributed by atoms with E-state index in [0.717, 1.165) is 38.5 Å². The minimum Gasteiger partial charge on any atom is -0.444 e. The highest BCUT2D eigenvalue weighted by Gasteiger charge is 2.49. The van der Waals surface area contributed by atoms with Crippen LogP contribution in [0.4, 0.5) is 10.7 Å². The molecule has 234 valence electrons. The van der Waals surface area contributed by atoms with Gasteiger partial charge in [-0.15, -0.1) is 0 Å². The molecular weight excluding hydrogens is 607 g/mol. The summed E-state index contributed by atoms with van der Waals surface area (Å²) in [7, 11) is 3.49. The van der Waals surface area contributed by atoms with E-state index in [1.54, 1.807) is 28.0 Å². The summed E-state index contributed by atoms with van der Waals surface area (Å²) >= 11 is 13.5. The highest BCUT2D eigenvalue weighted by atomic mass is 35.5. The molecule has 0 saturated carbocycles. The third-order valence-corrected chi connectivity index (χ3v) is 9.76. The molecule has 3 aliphatic rings. The lowest BCUT2D eigenvalue weighted by Gasteiger charge is -2.28. The van der Waals surface area contributed by atoms with Gasteiger partial charge in [0, 0.05) is 32.3 Å². The Morgan fingerprint density at radius 2 is 1.89 bits per heavy atom. The van der Waals surface area contributed by atoms with Gasteiger partial charge in [-0.25, -0.2) is 9.48 Å². The number of anilines is 1. The molecule has 44 heavy (non-hydrogen) atoms. The molecule has 0 radical (unpaired) electrons. The first-order valence-electron chi connectivity index (χ1n) is 15.1. The predicted molar refractivity (Wildman–Crippen MR) is 168 cm³/mol. The van der Waals surface area contributed by atoms with Gasteiger partial charge in [0.25, 0.3) is 5.56 Å². The van der Waals surface area contributed by atoms with Crippen LogP contribution in [0.15, 0.2) is 16.9 Å². The van der Waals surface area contributed by atoms with Crippen LogP contribution >= 0.6 is 23.2 Å². The number of benzene rings is 1. The van der Waals surface area contributed by atoms with Crippen molar-refractivity contribution >= 4 is 57.2 Å². The monoisotopic (exact) mass is 642 g/mol. The normalized spacial score (nSPS) is 23.7. The fourth-order valence-electron chi connectivity index (χ4n) is 7.00. The molecule has 3 fully saturated rings. The second-order valence-electron chi connectivity index (χ2n) is 13.0. The molecule has 4 aromatic rings. The number of nitrogens with zero attached hydrogens (tertiary/aromatic N) is 7. The van der Waals surface area contributed by atoms with Crippen LogP contribution in [-0.4, -0.2) is 65.5 Å². The molecule has 1 aromatic carbocycles. The van der Waals surface area contributed by atoms with E-state index in [0.29, 0.717) is 55.9 Å². The van der Waals surface area contributed by atoms with Gasteiger partial charge < -0.3 is 19.7 Å². The molecule has 3 aliphatic heterocycles. The third kappa shape index (κ3) is 4.73. The maximum absolute atomic E-state index is 14.3. The van der Waals surface area contributed by atoms with Crippen molar-refractivity contribution in [2.45, 2.75) is 89.3 Å². The minimum atomic E-state index is -0.592. The van der Waals surface area contributed by atoms with Crippen LogP contribution in [0.2, 0.25) is 10.2 Å². The number of carbonyl (C=O) groups is 1. The molecule has 2 unspecified atom stereocenters. The Balaban J connectivity index is 1.35. The van der Waals surface area contributed by atoms with Crippen LogP contribution in [0.25, 0.3) is 33.2 Å². The zero-order valence-corrected chi connectivity index (χ0v) is 26.9. The maximum Gasteiger partial charge on any atom is 0.407 e. The van der Waals surface area contributed by atoms with Gasteiger partial charge in [-0.3, -0.25) is 14.0 Å². The molecule has 4 atom stereocenters. The van der Waals surface area contributed by atoms with Crippen LogP contribution in [-0.2, 0) is 23.6 Å². The van der Waals surface area contributed by atoms with E-state index < -0.39 is 11.7 Å². The summed E-state index contributed by atoms with van der Waals surface area (Å²) in [4.78, 5) is 34.3. The number of aromatic nitrogens is 6. The third-order valence-electron chi connectivity index (χ3n) is 8.93. The van der Waals surface area contributed by atoms with Crippen molar-refractivity contribution in [1.82, 2.24) is 34.4 Å². The van der Waals surface area contributed by atoms with Gasteiger partial charge in [-0.1, -0.05) is 23.2 Å². The van der Waals surface area contributed by atoms with Gasteiger partial charge in [0.15, 0.2) is 11.9 Å². The molecular formula is C30H36Cl2N8O4. The average Bonchev–Trinajstić information content (AvgIpc) is 3.71. The van der Waals surface area contributed by atoms with Crippen LogP contribution in [0.5, 0.6) is 0 Å². The predicted octanol–water partition coefficient (Wildman–Crippen LogP) is 5.32. The Hall–Kier alpha value is -3.35. The first-order chi connectivity index (χ1) is 20.9. The molecule has 3 aromatic heterocycles. The SMILES string of the molecule is Cn1nc2ccc(-c3nn(C4CCCCO4)c4nc(N5C6CC[C@@H]5[C@H](NC(=O)OC(C)(C)C)C6)n(C)c(=O)c34)c(Cl)c2c1Cl. The lowest BCUT2D eigenvalue weighted by Crippen LogP contribution is -2.46. The molecule has 0 spiro atoms. The summed E-state index contributed by atoms with van der Waals surface area (Å²) in [6.07, 6.45) is 4.45. The van der Waals surface area contributed by atoms with Crippen molar-refractivity contribution in [3.05, 3.63) is 32.7 Å². The molecule has 6 heterocycles. The largest absolute Gasteiger partial charge is 0.444 e. The Morgan fingerprint density at radius 3 is 2.61 bits per heavy atom. The van der Waals surface area contributed by atoms with Crippen molar-refractivity contribution in [3.63, 3.8) is 0 Å². The van der Waals surface area contributed by atoms with E-state index >= 15 is 0 Å². The van der Waals surface area contributed by atoms with Crippen molar-refractivity contribution < 1.29 is 14.3 Å².